The summed E-state index contributed by atoms with van der Waals surface area (Å²) in [5.41, 5.74) is 3.70. The highest BCUT2D eigenvalue weighted by Crippen LogP contribution is 2.27. The molecule has 2 atom stereocenters. The molecule has 0 bridgehead atoms. The van der Waals surface area contributed by atoms with Gasteiger partial charge in [0.05, 0.1) is 25.1 Å². The van der Waals surface area contributed by atoms with Crippen LogP contribution in [0.2, 0.25) is 0 Å². The minimum absolute atomic E-state index is 0.248. The molecule has 2 rings (SSSR count). The summed E-state index contributed by atoms with van der Waals surface area (Å²) in [6.07, 6.45) is 1.44. The number of nitrogens with one attached hydrogen (secondary N) is 1. The van der Waals surface area contributed by atoms with Gasteiger partial charge in [-0.1, -0.05) is 31.2 Å². The van der Waals surface area contributed by atoms with Gasteiger partial charge in [-0.3, -0.25) is 9.10 Å². The van der Waals surface area contributed by atoms with Crippen molar-refractivity contribution in [1.82, 2.24) is 5.32 Å². The average molecular weight is 419 g/mol. The van der Waals surface area contributed by atoms with E-state index in [4.69, 9.17) is 4.74 Å². The topological polar surface area (TPSA) is 75.7 Å². The van der Waals surface area contributed by atoms with E-state index in [-0.39, 0.29) is 11.9 Å². The van der Waals surface area contributed by atoms with Gasteiger partial charge in [-0.15, -0.1) is 0 Å². The number of aryl methyl sites for hydroxylation is 2. The highest BCUT2D eigenvalue weighted by Gasteiger charge is 2.32. The Bertz CT molecular complexity index is 973. The molecule has 0 saturated carbocycles. The molecule has 29 heavy (non-hydrogen) atoms. The number of benzene rings is 2. The van der Waals surface area contributed by atoms with Gasteiger partial charge in [-0.05, 0) is 56.0 Å². The van der Waals surface area contributed by atoms with E-state index in [1.165, 1.54) is 12.7 Å². The van der Waals surface area contributed by atoms with Crippen LogP contribution >= 0.6 is 0 Å². The van der Waals surface area contributed by atoms with Crippen molar-refractivity contribution in [2.45, 2.75) is 46.2 Å². The van der Waals surface area contributed by atoms with Gasteiger partial charge in [0.15, 0.2) is 0 Å². The average Bonchev–Trinajstić information content (AvgIpc) is 2.66. The Morgan fingerprint density at radius 1 is 1.14 bits per heavy atom. The van der Waals surface area contributed by atoms with Crippen LogP contribution in [0.3, 0.4) is 0 Å². The van der Waals surface area contributed by atoms with Crippen LogP contribution < -0.4 is 14.4 Å². The molecule has 0 radical (unpaired) electrons. The van der Waals surface area contributed by atoms with Crippen LogP contribution in [0.25, 0.3) is 0 Å². The number of anilines is 1. The molecule has 0 aromatic heterocycles. The van der Waals surface area contributed by atoms with Crippen LogP contribution in [-0.4, -0.2) is 33.7 Å². The van der Waals surface area contributed by atoms with Gasteiger partial charge < -0.3 is 10.1 Å². The molecular formula is C22H30N2O4S. The summed E-state index contributed by atoms with van der Waals surface area (Å²) >= 11 is 0. The van der Waals surface area contributed by atoms with Crippen LogP contribution in [0.5, 0.6) is 5.75 Å². The van der Waals surface area contributed by atoms with Crippen LogP contribution in [0.15, 0.2) is 42.5 Å². The second kappa shape index (κ2) is 9.31. The van der Waals surface area contributed by atoms with Crippen molar-refractivity contribution in [3.05, 3.63) is 59.2 Å². The largest absolute Gasteiger partial charge is 0.497 e. The standard InChI is InChI=1S/C22H30N2O4S/c1-7-21(22(25)23-17(4)18-12-11-15(2)16(3)13-18)24(29(6,26)27)19-9-8-10-20(14-19)28-5/h8-14,17,21H,7H2,1-6H3,(H,23,25)/t17-,21-/m0/s1. The zero-order valence-electron chi connectivity index (χ0n) is 17.9. The van der Waals surface area contributed by atoms with E-state index in [1.807, 2.05) is 39.0 Å². The third-order valence-electron chi connectivity index (χ3n) is 5.03. The predicted molar refractivity (Wildman–Crippen MR) is 117 cm³/mol. The minimum atomic E-state index is -3.70. The summed E-state index contributed by atoms with van der Waals surface area (Å²) in [5.74, 6) is 0.182. The summed E-state index contributed by atoms with van der Waals surface area (Å²) in [6, 6.07) is 11.6. The van der Waals surface area contributed by atoms with Crippen molar-refractivity contribution < 1.29 is 17.9 Å². The first kappa shape index (κ1) is 22.7. The highest BCUT2D eigenvalue weighted by molar-refractivity contribution is 7.92. The molecule has 6 nitrogen and oxygen atoms in total. The van der Waals surface area contributed by atoms with Crippen molar-refractivity contribution in [3.8, 4) is 5.75 Å². The van der Waals surface area contributed by atoms with E-state index in [0.29, 0.717) is 17.9 Å². The third kappa shape index (κ3) is 5.50. The van der Waals surface area contributed by atoms with Gasteiger partial charge in [0, 0.05) is 6.07 Å². The minimum Gasteiger partial charge on any atom is -0.497 e. The van der Waals surface area contributed by atoms with Gasteiger partial charge in [0.25, 0.3) is 0 Å². The van der Waals surface area contributed by atoms with E-state index in [2.05, 4.69) is 5.32 Å². The molecule has 1 N–H and O–H groups in total. The Hall–Kier alpha value is -2.54. The van der Waals surface area contributed by atoms with Gasteiger partial charge in [-0.25, -0.2) is 8.42 Å². The Kier molecular flexibility index (Phi) is 7.30. The molecule has 1 amide bonds. The monoisotopic (exact) mass is 418 g/mol. The van der Waals surface area contributed by atoms with Crippen LogP contribution in [-0.2, 0) is 14.8 Å². The summed E-state index contributed by atoms with van der Waals surface area (Å²) in [6.45, 7) is 7.75. The fourth-order valence-corrected chi connectivity index (χ4v) is 4.44. The molecule has 7 heteroatoms. The van der Waals surface area contributed by atoms with E-state index in [1.54, 1.807) is 31.2 Å². The highest BCUT2D eigenvalue weighted by atomic mass is 32.2. The Labute approximate surface area is 173 Å². The molecular weight excluding hydrogens is 388 g/mol. The van der Waals surface area contributed by atoms with Crippen LogP contribution in [0, 0.1) is 13.8 Å². The maximum Gasteiger partial charge on any atom is 0.244 e. The number of ether oxygens (including phenoxy) is 1. The Balaban J connectivity index is 2.33. The second-order valence-corrected chi connectivity index (χ2v) is 9.12. The molecule has 2 aromatic rings. The number of sulfonamides is 1. The van der Waals surface area contributed by atoms with Crippen LogP contribution in [0.4, 0.5) is 5.69 Å². The van der Waals surface area contributed by atoms with Gasteiger partial charge in [0.2, 0.25) is 15.9 Å². The lowest BCUT2D eigenvalue weighted by molar-refractivity contribution is -0.122. The molecule has 0 heterocycles. The number of nitrogens with zero attached hydrogens (tertiary/aromatic N) is 1. The van der Waals surface area contributed by atoms with Crippen molar-refractivity contribution in [3.63, 3.8) is 0 Å². The summed E-state index contributed by atoms with van der Waals surface area (Å²) < 4.78 is 31.5. The summed E-state index contributed by atoms with van der Waals surface area (Å²) in [5, 5.41) is 2.97. The lowest BCUT2D eigenvalue weighted by Gasteiger charge is -2.31. The number of hydrogen-bond donors (Lipinski definition) is 1. The normalized spacial score (nSPS) is 13.4. The van der Waals surface area contributed by atoms with E-state index >= 15 is 0 Å². The first-order valence-electron chi connectivity index (χ1n) is 9.59. The quantitative estimate of drug-likeness (QED) is 0.709. The first-order chi connectivity index (χ1) is 13.6. The van der Waals surface area contributed by atoms with Gasteiger partial charge in [-0.2, -0.15) is 0 Å². The zero-order valence-corrected chi connectivity index (χ0v) is 18.7. The van der Waals surface area contributed by atoms with Crippen LogP contribution in [0.1, 0.15) is 43.0 Å². The molecule has 0 saturated heterocycles. The Morgan fingerprint density at radius 2 is 1.83 bits per heavy atom. The summed E-state index contributed by atoms with van der Waals surface area (Å²) in [7, 11) is -2.18. The molecule has 2 aromatic carbocycles. The molecule has 0 aliphatic rings. The zero-order chi connectivity index (χ0) is 21.8. The second-order valence-electron chi connectivity index (χ2n) is 7.26. The van der Waals surface area contributed by atoms with Gasteiger partial charge in [0.1, 0.15) is 11.8 Å². The Morgan fingerprint density at radius 3 is 2.38 bits per heavy atom. The number of methoxy groups -OCH3 is 1. The predicted octanol–water partition coefficient (Wildman–Crippen LogP) is 3.73. The third-order valence-corrected chi connectivity index (χ3v) is 6.21. The maximum absolute atomic E-state index is 13.1. The lowest BCUT2D eigenvalue weighted by atomic mass is 10.0. The van der Waals surface area contributed by atoms with Crippen molar-refractivity contribution >= 4 is 21.6 Å². The molecule has 158 valence electrons. The van der Waals surface area contributed by atoms with Crippen molar-refractivity contribution in [2.75, 3.05) is 17.7 Å². The fraction of sp³-hybridized carbons (Fsp3) is 0.409. The molecule has 0 unspecified atom stereocenters. The smallest absolute Gasteiger partial charge is 0.244 e. The lowest BCUT2D eigenvalue weighted by Crippen LogP contribution is -2.49. The van der Waals surface area contributed by atoms with E-state index in [9.17, 15) is 13.2 Å². The number of carbonyl (C=O) groups is 1. The van der Waals surface area contributed by atoms with E-state index < -0.39 is 16.1 Å². The summed E-state index contributed by atoms with van der Waals surface area (Å²) in [4.78, 5) is 13.1. The fourth-order valence-electron chi connectivity index (χ4n) is 3.23. The number of hydrogen-bond acceptors (Lipinski definition) is 4. The number of carbonyl (C=O) groups excluding carboxylic acids is 1. The van der Waals surface area contributed by atoms with Gasteiger partial charge >= 0.3 is 0 Å². The SMILES string of the molecule is CC[C@@H](C(=O)N[C@@H](C)c1ccc(C)c(C)c1)N(c1cccc(OC)c1)S(C)(=O)=O. The van der Waals surface area contributed by atoms with Crippen molar-refractivity contribution in [2.24, 2.45) is 0 Å². The number of rotatable bonds is 8. The number of amides is 1. The first-order valence-corrected chi connectivity index (χ1v) is 11.4. The molecule has 0 fully saturated rings. The van der Waals surface area contributed by atoms with E-state index in [0.717, 1.165) is 21.7 Å². The molecule has 0 spiro atoms. The molecule has 0 aliphatic heterocycles. The molecule has 0 aliphatic carbocycles. The maximum atomic E-state index is 13.1. The van der Waals surface area contributed by atoms with Crippen molar-refractivity contribution in [1.29, 1.82) is 0 Å².